The summed E-state index contributed by atoms with van der Waals surface area (Å²) >= 11 is 0. The molecule has 0 saturated heterocycles. The van der Waals surface area contributed by atoms with E-state index in [1.165, 1.54) is 0 Å². The van der Waals surface area contributed by atoms with Gasteiger partial charge >= 0.3 is 5.97 Å². The molecule has 0 amide bonds. The average Bonchev–Trinajstić information content (AvgIpc) is 2.36. The Hall–Kier alpha value is -1.84. The second-order valence-electron chi connectivity index (χ2n) is 4.48. The Morgan fingerprint density at radius 1 is 1.44 bits per heavy atom. The molecule has 1 atom stereocenters. The number of carboxylic acid groups (broad SMARTS) is 1. The molecular formula is C14H16O4. The molecule has 0 aromatic heterocycles. The van der Waals surface area contributed by atoms with Crippen LogP contribution in [0.2, 0.25) is 0 Å². The van der Waals surface area contributed by atoms with Crippen LogP contribution in [0.1, 0.15) is 36.3 Å². The molecule has 1 N–H and O–H groups in total. The van der Waals surface area contributed by atoms with E-state index in [1.807, 2.05) is 18.2 Å². The minimum absolute atomic E-state index is 0.00783. The summed E-state index contributed by atoms with van der Waals surface area (Å²) in [6.07, 6.45) is 1.56. The standard InChI is InChI=1S/C14H16O4/c1-18-12-4-2-3-9-5-7-11(15)10(14(9)12)6-8-13(16)17/h2-4,10H,5-8H2,1H3,(H,16,17). The number of carbonyl (C=O) groups excluding carboxylic acids is 1. The summed E-state index contributed by atoms with van der Waals surface area (Å²) in [5.41, 5.74) is 1.99. The number of hydrogen-bond acceptors (Lipinski definition) is 3. The summed E-state index contributed by atoms with van der Waals surface area (Å²) in [4.78, 5) is 22.7. The van der Waals surface area contributed by atoms with Crippen LogP contribution in [0.15, 0.2) is 18.2 Å². The first-order valence-electron chi connectivity index (χ1n) is 6.03. The Balaban J connectivity index is 2.36. The summed E-state index contributed by atoms with van der Waals surface area (Å²) in [6, 6.07) is 5.71. The average molecular weight is 248 g/mol. The summed E-state index contributed by atoms with van der Waals surface area (Å²) < 4.78 is 5.30. The van der Waals surface area contributed by atoms with Gasteiger partial charge in [0.1, 0.15) is 11.5 Å². The highest BCUT2D eigenvalue weighted by molar-refractivity contribution is 5.89. The normalized spacial score (nSPS) is 18.3. The van der Waals surface area contributed by atoms with E-state index in [4.69, 9.17) is 9.84 Å². The van der Waals surface area contributed by atoms with Gasteiger partial charge in [-0.2, -0.15) is 0 Å². The number of carbonyl (C=O) groups is 2. The van der Waals surface area contributed by atoms with Gasteiger partial charge < -0.3 is 9.84 Å². The number of rotatable bonds is 4. The van der Waals surface area contributed by atoms with Gasteiger partial charge in [0, 0.05) is 24.3 Å². The third kappa shape index (κ3) is 2.37. The highest BCUT2D eigenvalue weighted by atomic mass is 16.5. The fourth-order valence-corrected chi connectivity index (χ4v) is 2.55. The van der Waals surface area contributed by atoms with Crippen molar-refractivity contribution < 1.29 is 19.4 Å². The smallest absolute Gasteiger partial charge is 0.303 e. The molecule has 0 spiro atoms. The SMILES string of the molecule is COc1cccc2c1C(CCC(=O)O)C(=O)CC2. The summed E-state index contributed by atoms with van der Waals surface area (Å²) in [5.74, 6) is -0.394. The van der Waals surface area contributed by atoms with Crippen molar-refractivity contribution in [2.45, 2.75) is 31.6 Å². The Kier molecular flexibility index (Phi) is 3.65. The van der Waals surface area contributed by atoms with Gasteiger partial charge in [0.15, 0.2) is 0 Å². The molecule has 2 rings (SSSR count). The van der Waals surface area contributed by atoms with E-state index >= 15 is 0 Å². The molecule has 4 heteroatoms. The quantitative estimate of drug-likeness (QED) is 0.886. The third-order valence-electron chi connectivity index (χ3n) is 3.40. The predicted octanol–water partition coefficient (Wildman–Crippen LogP) is 2.16. The number of aryl methyl sites for hydroxylation is 1. The van der Waals surface area contributed by atoms with Crippen LogP contribution in [0.25, 0.3) is 0 Å². The number of fused-ring (bicyclic) bond motifs is 1. The van der Waals surface area contributed by atoms with Crippen LogP contribution >= 0.6 is 0 Å². The summed E-state index contributed by atoms with van der Waals surface area (Å²) in [5, 5.41) is 8.76. The highest BCUT2D eigenvalue weighted by Crippen LogP contribution is 2.38. The molecule has 1 aliphatic carbocycles. The summed E-state index contributed by atoms with van der Waals surface area (Å²) in [6.45, 7) is 0. The van der Waals surface area contributed by atoms with E-state index in [0.29, 0.717) is 18.6 Å². The lowest BCUT2D eigenvalue weighted by Crippen LogP contribution is -2.22. The molecule has 0 bridgehead atoms. The van der Waals surface area contributed by atoms with Crippen molar-refractivity contribution in [3.8, 4) is 5.75 Å². The number of aliphatic carboxylic acids is 1. The van der Waals surface area contributed by atoms with Gasteiger partial charge in [-0.1, -0.05) is 12.1 Å². The molecular weight excluding hydrogens is 232 g/mol. The number of ketones is 1. The zero-order valence-electron chi connectivity index (χ0n) is 10.3. The number of ether oxygens (including phenoxy) is 1. The topological polar surface area (TPSA) is 63.6 Å². The molecule has 1 unspecified atom stereocenters. The molecule has 1 aliphatic rings. The molecule has 4 nitrogen and oxygen atoms in total. The number of Topliss-reactive ketones (excluding diaryl/α,β-unsaturated/α-hetero) is 1. The zero-order chi connectivity index (χ0) is 13.1. The van der Waals surface area contributed by atoms with Crippen LogP contribution in [0, 0.1) is 0 Å². The van der Waals surface area contributed by atoms with Gasteiger partial charge in [-0.05, 0) is 24.5 Å². The summed E-state index contributed by atoms with van der Waals surface area (Å²) in [7, 11) is 1.57. The van der Waals surface area contributed by atoms with Crippen molar-refractivity contribution >= 4 is 11.8 Å². The van der Waals surface area contributed by atoms with Crippen molar-refractivity contribution in [1.82, 2.24) is 0 Å². The van der Waals surface area contributed by atoms with Gasteiger partial charge in [-0.15, -0.1) is 0 Å². The van der Waals surface area contributed by atoms with Crippen molar-refractivity contribution in [2.75, 3.05) is 7.11 Å². The first kappa shape index (κ1) is 12.6. The largest absolute Gasteiger partial charge is 0.496 e. The van der Waals surface area contributed by atoms with E-state index < -0.39 is 5.97 Å². The van der Waals surface area contributed by atoms with E-state index in [9.17, 15) is 9.59 Å². The van der Waals surface area contributed by atoms with Gasteiger partial charge in [-0.3, -0.25) is 9.59 Å². The predicted molar refractivity (Wildman–Crippen MR) is 65.9 cm³/mol. The Morgan fingerprint density at radius 3 is 2.89 bits per heavy atom. The monoisotopic (exact) mass is 248 g/mol. The van der Waals surface area contributed by atoms with Crippen molar-refractivity contribution in [1.29, 1.82) is 0 Å². The minimum atomic E-state index is -0.871. The zero-order valence-corrected chi connectivity index (χ0v) is 10.3. The third-order valence-corrected chi connectivity index (χ3v) is 3.40. The van der Waals surface area contributed by atoms with Gasteiger partial charge in [0.25, 0.3) is 0 Å². The maximum atomic E-state index is 12.0. The van der Waals surface area contributed by atoms with Gasteiger partial charge in [0.2, 0.25) is 0 Å². The minimum Gasteiger partial charge on any atom is -0.496 e. The Morgan fingerprint density at radius 2 is 2.22 bits per heavy atom. The lowest BCUT2D eigenvalue weighted by atomic mass is 9.79. The van der Waals surface area contributed by atoms with Crippen LogP contribution in [-0.2, 0) is 16.0 Å². The maximum absolute atomic E-state index is 12.0. The number of methoxy groups -OCH3 is 1. The van der Waals surface area contributed by atoms with E-state index in [0.717, 1.165) is 17.5 Å². The number of carboxylic acids is 1. The Labute approximate surface area is 106 Å². The fourth-order valence-electron chi connectivity index (χ4n) is 2.55. The second-order valence-corrected chi connectivity index (χ2v) is 4.48. The van der Waals surface area contributed by atoms with Crippen LogP contribution in [0.3, 0.4) is 0 Å². The lowest BCUT2D eigenvalue weighted by molar-refractivity contribution is -0.137. The number of hydrogen-bond donors (Lipinski definition) is 1. The van der Waals surface area contributed by atoms with Crippen molar-refractivity contribution in [2.24, 2.45) is 0 Å². The Bertz CT molecular complexity index is 464. The number of benzene rings is 1. The van der Waals surface area contributed by atoms with Crippen LogP contribution < -0.4 is 4.74 Å². The lowest BCUT2D eigenvalue weighted by Gasteiger charge is -2.25. The van der Waals surface area contributed by atoms with Crippen LogP contribution in [0.4, 0.5) is 0 Å². The van der Waals surface area contributed by atoms with Crippen molar-refractivity contribution in [3.63, 3.8) is 0 Å². The fraction of sp³-hybridized carbons (Fsp3) is 0.429. The first-order chi connectivity index (χ1) is 8.63. The van der Waals surface area contributed by atoms with Crippen molar-refractivity contribution in [3.05, 3.63) is 29.3 Å². The van der Waals surface area contributed by atoms with E-state index in [1.54, 1.807) is 7.11 Å². The molecule has 0 saturated carbocycles. The maximum Gasteiger partial charge on any atom is 0.303 e. The van der Waals surface area contributed by atoms with Gasteiger partial charge in [0.05, 0.1) is 7.11 Å². The molecule has 1 aromatic carbocycles. The van der Waals surface area contributed by atoms with Crippen LogP contribution in [-0.4, -0.2) is 24.0 Å². The van der Waals surface area contributed by atoms with E-state index in [-0.39, 0.29) is 18.1 Å². The van der Waals surface area contributed by atoms with E-state index in [2.05, 4.69) is 0 Å². The molecule has 0 heterocycles. The van der Waals surface area contributed by atoms with Gasteiger partial charge in [-0.25, -0.2) is 0 Å². The second kappa shape index (κ2) is 5.21. The highest BCUT2D eigenvalue weighted by Gasteiger charge is 2.30. The first-order valence-corrected chi connectivity index (χ1v) is 6.03. The molecule has 1 aromatic rings. The molecule has 0 fully saturated rings. The molecule has 96 valence electrons. The molecule has 18 heavy (non-hydrogen) atoms. The molecule has 0 radical (unpaired) electrons. The van der Waals surface area contributed by atoms with Crippen LogP contribution in [0.5, 0.6) is 5.75 Å². The molecule has 0 aliphatic heterocycles.